The van der Waals surface area contributed by atoms with E-state index in [1.165, 1.54) is 11.8 Å². The summed E-state index contributed by atoms with van der Waals surface area (Å²) in [6.45, 7) is 7.35. The predicted molar refractivity (Wildman–Crippen MR) is 74.7 cm³/mol. The molecule has 0 radical (unpaired) electrons. The van der Waals surface area contributed by atoms with E-state index in [1.54, 1.807) is 6.92 Å². The summed E-state index contributed by atoms with van der Waals surface area (Å²) in [6, 6.07) is 0. The fourth-order valence-electron chi connectivity index (χ4n) is 1.73. The van der Waals surface area contributed by atoms with Crippen LogP contribution in [0.5, 0.6) is 0 Å². The van der Waals surface area contributed by atoms with Crippen molar-refractivity contribution in [2.24, 2.45) is 0 Å². The van der Waals surface area contributed by atoms with Crippen LogP contribution in [0.1, 0.15) is 49.3 Å². The number of nitrogens with zero attached hydrogens (tertiary/aromatic N) is 2. The van der Waals surface area contributed by atoms with Gasteiger partial charge in [-0.25, -0.2) is 4.79 Å². The Morgan fingerprint density at radius 3 is 2.32 bits per heavy atom. The van der Waals surface area contributed by atoms with Crippen LogP contribution in [0.4, 0.5) is 0 Å². The van der Waals surface area contributed by atoms with Crippen LogP contribution in [0.25, 0.3) is 0 Å². The van der Waals surface area contributed by atoms with Crippen molar-refractivity contribution in [1.29, 1.82) is 0 Å². The van der Waals surface area contributed by atoms with Gasteiger partial charge < -0.3 is 10.2 Å². The van der Waals surface area contributed by atoms with Crippen molar-refractivity contribution in [2.45, 2.75) is 56.9 Å². The summed E-state index contributed by atoms with van der Waals surface area (Å²) in [4.78, 5) is 11.5. The molecule has 106 valence electrons. The van der Waals surface area contributed by atoms with Gasteiger partial charge in [-0.2, -0.15) is 5.10 Å². The first-order valence-corrected chi connectivity index (χ1v) is 7.26. The number of aliphatic hydroxyl groups excluding tert-OH is 1. The van der Waals surface area contributed by atoms with E-state index in [0.29, 0.717) is 17.9 Å². The fraction of sp³-hybridized carbons (Fsp3) is 0.615. The molecule has 19 heavy (non-hydrogen) atoms. The normalized spacial score (nSPS) is 14.2. The second-order valence-corrected chi connectivity index (χ2v) is 5.75. The first-order valence-electron chi connectivity index (χ1n) is 6.38. The third kappa shape index (κ3) is 3.67. The van der Waals surface area contributed by atoms with Crippen LogP contribution >= 0.6 is 11.8 Å². The summed E-state index contributed by atoms with van der Waals surface area (Å²) in [5.41, 5.74) is 1.70. The highest BCUT2D eigenvalue weighted by Gasteiger charge is 2.23. The number of hydrogen-bond donors (Lipinski definition) is 2. The highest BCUT2D eigenvalue weighted by Crippen LogP contribution is 2.29. The third-order valence-corrected chi connectivity index (χ3v) is 4.28. The lowest BCUT2D eigenvalue weighted by Crippen LogP contribution is -2.18. The van der Waals surface area contributed by atoms with Crippen molar-refractivity contribution in [3.8, 4) is 0 Å². The summed E-state index contributed by atoms with van der Waals surface area (Å²) >= 11 is 1.25. The number of aromatic nitrogens is 2. The minimum atomic E-state index is -0.984. The topological polar surface area (TPSA) is 83.3 Å². The number of rotatable bonds is 6. The van der Waals surface area contributed by atoms with Gasteiger partial charge in [-0.05, 0) is 25.3 Å². The van der Waals surface area contributed by atoms with E-state index >= 15 is 0 Å². The van der Waals surface area contributed by atoms with E-state index in [4.69, 9.17) is 0 Å². The number of aryl methyl sites for hydroxylation is 1. The average molecular weight is 284 g/mol. The third-order valence-electron chi connectivity index (χ3n) is 3.00. The monoisotopic (exact) mass is 284 g/mol. The maximum absolute atomic E-state index is 11.5. The molecule has 0 aromatic carbocycles. The summed E-state index contributed by atoms with van der Waals surface area (Å²) in [5, 5.41) is 27.3. The van der Waals surface area contributed by atoms with Crippen molar-refractivity contribution < 1.29 is 15.0 Å². The number of thioether (sulfide) groups is 1. The summed E-state index contributed by atoms with van der Waals surface area (Å²) in [5.74, 6) is -0.984. The lowest BCUT2D eigenvalue weighted by atomic mass is 10.0. The van der Waals surface area contributed by atoms with Crippen molar-refractivity contribution >= 4 is 17.7 Å². The molecule has 0 saturated heterocycles. The van der Waals surface area contributed by atoms with E-state index < -0.39 is 12.1 Å². The van der Waals surface area contributed by atoms with Crippen LogP contribution in [0, 0.1) is 0 Å². The SMILES string of the molecule is CCc1nnc(SC(C)C(C)O)c(C(=O)O)c1CC. The van der Waals surface area contributed by atoms with Crippen LogP contribution in [-0.2, 0) is 12.8 Å². The molecular formula is C13H20N2O3S. The summed E-state index contributed by atoms with van der Waals surface area (Å²) in [7, 11) is 0. The smallest absolute Gasteiger partial charge is 0.338 e. The van der Waals surface area contributed by atoms with E-state index in [1.807, 2.05) is 20.8 Å². The molecule has 1 rings (SSSR count). The molecule has 0 aliphatic carbocycles. The van der Waals surface area contributed by atoms with E-state index in [0.717, 1.165) is 11.3 Å². The fourth-order valence-corrected chi connectivity index (χ4v) is 2.70. The van der Waals surface area contributed by atoms with Crippen LogP contribution in [0.2, 0.25) is 0 Å². The summed E-state index contributed by atoms with van der Waals surface area (Å²) < 4.78 is 0. The Morgan fingerprint density at radius 1 is 1.26 bits per heavy atom. The lowest BCUT2D eigenvalue weighted by Gasteiger charge is -2.16. The molecule has 1 aromatic heterocycles. The Balaban J connectivity index is 3.28. The molecule has 0 spiro atoms. The molecule has 0 aliphatic heterocycles. The number of carboxylic acids is 1. The molecule has 0 fully saturated rings. The number of carbonyl (C=O) groups is 1. The molecule has 0 bridgehead atoms. The minimum Gasteiger partial charge on any atom is -0.478 e. The molecule has 1 heterocycles. The average Bonchev–Trinajstić information content (AvgIpc) is 2.37. The molecule has 0 saturated carbocycles. The maximum Gasteiger partial charge on any atom is 0.338 e. The summed E-state index contributed by atoms with van der Waals surface area (Å²) in [6.07, 6.45) is 0.731. The van der Waals surface area contributed by atoms with Gasteiger partial charge in [0.15, 0.2) is 0 Å². The minimum absolute atomic E-state index is 0.135. The van der Waals surface area contributed by atoms with E-state index in [-0.39, 0.29) is 10.8 Å². The molecule has 2 atom stereocenters. The Labute approximate surface area is 117 Å². The number of carboxylic acid groups (broad SMARTS) is 1. The van der Waals surface area contributed by atoms with Gasteiger partial charge in [0.2, 0.25) is 0 Å². The van der Waals surface area contributed by atoms with Crippen LogP contribution < -0.4 is 0 Å². The molecule has 2 unspecified atom stereocenters. The second-order valence-electron chi connectivity index (χ2n) is 4.38. The lowest BCUT2D eigenvalue weighted by molar-refractivity contribution is 0.0690. The number of aromatic carboxylic acids is 1. The largest absolute Gasteiger partial charge is 0.478 e. The second kappa shape index (κ2) is 6.86. The molecule has 5 nitrogen and oxygen atoms in total. The predicted octanol–water partition coefficient (Wildman–Crippen LogP) is 2.16. The zero-order chi connectivity index (χ0) is 14.6. The van der Waals surface area contributed by atoms with Crippen molar-refractivity contribution in [3.63, 3.8) is 0 Å². The van der Waals surface area contributed by atoms with Gasteiger partial charge in [0, 0.05) is 5.25 Å². The van der Waals surface area contributed by atoms with Crippen molar-refractivity contribution in [3.05, 3.63) is 16.8 Å². The van der Waals surface area contributed by atoms with E-state index in [2.05, 4.69) is 10.2 Å². The van der Waals surface area contributed by atoms with Gasteiger partial charge in [0.1, 0.15) is 5.03 Å². The Bertz CT molecular complexity index is 463. The van der Waals surface area contributed by atoms with Crippen LogP contribution in [0.3, 0.4) is 0 Å². The Morgan fingerprint density at radius 2 is 1.89 bits per heavy atom. The number of aliphatic hydroxyl groups is 1. The van der Waals surface area contributed by atoms with Crippen molar-refractivity contribution in [1.82, 2.24) is 10.2 Å². The van der Waals surface area contributed by atoms with E-state index in [9.17, 15) is 15.0 Å². The highest BCUT2D eigenvalue weighted by atomic mass is 32.2. The first kappa shape index (κ1) is 15.9. The van der Waals surface area contributed by atoms with Gasteiger partial charge in [-0.1, -0.05) is 32.5 Å². The molecule has 0 amide bonds. The molecule has 6 heteroatoms. The zero-order valence-corrected chi connectivity index (χ0v) is 12.5. The maximum atomic E-state index is 11.5. The van der Waals surface area contributed by atoms with Gasteiger partial charge in [0.25, 0.3) is 0 Å². The highest BCUT2D eigenvalue weighted by molar-refractivity contribution is 8.00. The van der Waals surface area contributed by atoms with Gasteiger partial charge in [-0.3, -0.25) is 0 Å². The van der Waals surface area contributed by atoms with Crippen molar-refractivity contribution in [2.75, 3.05) is 0 Å². The van der Waals surface area contributed by atoms with Gasteiger partial charge >= 0.3 is 5.97 Å². The molecular weight excluding hydrogens is 264 g/mol. The number of hydrogen-bond acceptors (Lipinski definition) is 5. The van der Waals surface area contributed by atoms with Gasteiger partial charge in [0.05, 0.1) is 17.4 Å². The molecule has 0 aliphatic rings. The molecule has 2 N–H and O–H groups in total. The zero-order valence-electron chi connectivity index (χ0n) is 11.7. The molecule has 1 aromatic rings. The van der Waals surface area contributed by atoms with Crippen LogP contribution in [-0.4, -0.2) is 37.7 Å². The quantitative estimate of drug-likeness (QED) is 0.779. The first-order chi connectivity index (χ1) is 8.92. The van der Waals surface area contributed by atoms with Gasteiger partial charge in [-0.15, -0.1) is 5.10 Å². The Hall–Kier alpha value is -1.14. The standard InChI is InChI=1S/C13H20N2O3S/c1-5-9-10(6-2)14-15-12(11(9)13(17)18)19-8(4)7(3)16/h7-8,16H,5-6H2,1-4H3,(H,17,18). The van der Waals surface area contributed by atoms with Crippen LogP contribution in [0.15, 0.2) is 5.03 Å². The Kier molecular flexibility index (Phi) is 5.75.